The number of halogens is 2. The van der Waals surface area contributed by atoms with Crippen LogP contribution < -0.4 is 15.2 Å². The third-order valence-electron chi connectivity index (χ3n) is 8.75. The Morgan fingerprint density at radius 2 is 1.96 bits per heavy atom. The molecule has 0 saturated heterocycles. The van der Waals surface area contributed by atoms with E-state index in [2.05, 4.69) is 11.5 Å². The number of fused-ring (bicyclic) bond motifs is 3. The first-order valence-corrected chi connectivity index (χ1v) is 16.1. The van der Waals surface area contributed by atoms with Crippen molar-refractivity contribution in [3.8, 4) is 28.3 Å². The van der Waals surface area contributed by atoms with Gasteiger partial charge in [-0.3, -0.25) is 14.3 Å². The molecule has 1 aromatic carbocycles. The summed E-state index contributed by atoms with van der Waals surface area (Å²) >= 11 is 1.42. The maximum atomic E-state index is 16.1. The summed E-state index contributed by atoms with van der Waals surface area (Å²) in [5, 5.41) is 7.63. The number of hydrogen-bond acceptors (Lipinski definition) is 8. The van der Waals surface area contributed by atoms with E-state index in [1.54, 1.807) is 21.6 Å². The van der Waals surface area contributed by atoms with Gasteiger partial charge in [-0.15, -0.1) is 11.3 Å². The van der Waals surface area contributed by atoms with Gasteiger partial charge in [-0.25, -0.2) is 13.8 Å². The molecule has 6 heterocycles. The van der Waals surface area contributed by atoms with E-state index < -0.39 is 11.6 Å². The van der Waals surface area contributed by atoms with Crippen molar-refractivity contribution in [2.24, 2.45) is 0 Å². The van der Waals surface area contributed by atoms with Gasteiger partial charge in [0.15, 0.2) is 0 Å². The van der Waals surface area contributed by atoms with Crippen molar-refractivity contribution in [1.29, 1.82) is 0 Å². The summed E-state index contributed by atoms with van der Waals surface area (Å²) in [5.41, 5.74) is 2.97. The van der Waals surface area contributed by atoms with Gasteiger partial charge in [-0.1, -0.05) is 12.6 Å². The number of methoxy groups -OCH3 is 1. The van der Waals surface area contributed by atoms with Gasteiger partial charge < -0.3 is 23.8 Å². The number of carbonyl (C=O) groups is 1. The molecule has 2 aliphatic heterocycles. The van der Waals surface area contributed by atoms with Gasteiger partial charge >= 0.3 is 0 Å². The largest absolute Gasteiger partial charge is 0.490 e. The van der Waals surface area contributed by atoms with Crippen LogP contribution >= 0.6 is 11.3 Å². The number of hydrogen-bond donors (Lipinski definition) is 0. The van der Waals surface area contributed by atoms with Crippen LogP contribution in [0.5, 0.6) is 5.75 Å². The van der Waals surface area contributed by atoms with Gasteiger partial charge in [0.2, 0.25) is 5.91 Å². The maximum Gasteiger partial charge on any atom is 0.250 e. The number of rotatable bonds is 8. The first-order chi connectivity index (χ1) is 22.8. The zero-order valence-corrected chi connectivity index (χ0v) is 26.7. The van der Waals surface area contributed by atoms with Crippen LogP contribution in [-0.4, -0.2) is 63.6 Å². The van der Waals surface area contributed by atoms with E-state index in [-0.39, 0.29) is 42.0 Å². The Morgan fingerprint density at radius 3 is 2.77 bits per heavy atom. The molecular formula is C34H32F2N6O4S. The number of anilines is 1. The van der Waals surface area contributed by atoms with Gasteiger partial charge in [0.1, 0.15) is 41.2 Å². The molecule has 47 heavy (non-hydrogen) atoms. The predicted molar refractivity (Wildman–Crippen MR) is 176 cm³/mol. The van der Waals surface area contributed by atoms with E-state index >= 15 is 4.39 Å². The zero-order chi connectivity index (χ0) is 32.8. The van der Waals surface area contributed by atoms with E-state index in [0.29, 0.717) is 55.5 Å². The third-order valence-corrected chi connectivity index (χ3v) is 9.68. The second kappa shape index (κ2) is 12.4. The molecule has 0 aliphatic carbocycles. The fourth-order valence-corrected chi connectivity index (χ4v) is 7.42. The molecule has 2 aliphatic rings. The van der Waals surface area contributed by atoms with Gasteiger partial charge in [0.25, 0.3) is 5.56 Å². The standard InChI is InChI=1S/C34H32F2N6O4S/c1-4-28(43)40-11-12-42-26(20(40)2)18-25(38-42)32-31(30-24(36)16-21(35)17-27(30)46-14-13-45-3)33-23(8-15-47-33)34(37-32)39-9-10-41-22(19-39)6-5-7-29(41)44/h4-8,15-18,20H,1,9-14,19H2,2-3H3. The van der Waals surface area contributed by atoms with Crippen LogP contribution in [0.1, 0.15) is 24.4 Å². The number of benzene rings is 1. The van der Waals surface area contributed by atoms with Crippen LogP contribution in [0.25, 0.3) is 32.6 Å². The molecule has 0 bridgehead atoms. The molecule has 1 atom stereocenters. The normalized spacial score (nSPS) is 15.9. The molecule has 0 radical (unpaired) electrons. The van der Waals surface area contributed by atoms with E-state index in [4.69, 9.17) is 19.6 Å². The highest BCUT2D eigenvalue weighted by atomic mass is 32.1. The van der Waals surface area contributed by atoms with Gasteiger partial charge in [-0.05, 0) is 36.6 Å². The second-order valence-electron chi connectivity index (χ2n) is 11.4. The van der Waals surface area contributed by atoms with Crippen LogP contribution in [0.2, 0.25) is 0 Å². The molecule has 10 nitrogen and oxygen atoms in total. The molecule has 0 N–H and O–H groups in total. The van der Waals surface area contributed by atoms with Gasteiger partial charge in [0, 0.05) is 66.3 Å². The van der Waals surface area contributed by atoms with Gasteiger partial charge in [-0.2, -0.15) is 5.10 Å². The van der Waals surface area contributed by atoms with Crippen molar-refractivity contribution < 1.29 is 23.0 Å². The molecule has 1 unspecified atom stereocenters. The van der Waals surface area contributed by atoms with Crippen LogP contribution in [0.15, 0.2) is 65.3 Å². The lowest BCUT2D eigenvalue weighted by atomic mass is 9.98. The number of carbonyl (C=O) groups excluding carboxylic acids is 1. The van der Waals surface area contributed by atoms with Crippen LogP contribution in [0.4, 0.5) is 14.6 Å². The topological polar surface area (TPSA) is 94.7 Å². The lowest BCUT2D eigenvalue weighted by molar-refractivity contribution is -0.129. The smallest absolute Gasteiger partial charge is 0.250 e. The summed E-state index contributed by atoms with van der Waals surface area (Å²) in [4.78, 5) is 34.2. The van der Waals surface area contributed by atoms with Crippen molar-refractivity contribution >= 4 is 33.1 Å². The number of nitrogens with zero attached hydrogens (tertiary/aromatic N) is 6. The molecule has 7 rings (SSSR count). The molecular weight excluding hydrogens is 626 g/mol. The summed E-state index contributed by atoms with van der Waals surface area (Å²) in [6.45, 7) is 8.23. The number of thiophene rings is 1. The average molecular weight is 659 g/mol. The summed E-state index contributed by atoms with van der Waals surface area (Å²) in [5.74, 6) is -1.06. The van der Waals surface area contributed by atoms with E-state index in [9.17, 15) is 14.0 Å². The summed E-state index contributed by atoms with van der Waals surface area (Å²) in [7, 11) is 1.52. The van der Waals surface area contributed by atoms with Crippen LogP contribution in [-0.2, 0) is 29.2 Å². The average Bonchev–Trinajstić information content (AvgIpc) is 3.73. The monoisotopic (exact) mass is 658 g/mol. The van der Waals surface area contributed by atoms with Crippen molar-refractivity contribution in [2.45, 2.75) is 32.6 Å². The number of pyridine rings is 2. The molecule has 0 saturated carbocycles. The Labute approximate surface area is 273 Å². The first-order valence-electron chi connectivity index (χ1n) is 15.3. The number of amides is 1. The minimum Gasteiger partial charge on any atom is -0.490 e. The number of aromatic nitrogens is 4. The highest BCUT2D eigenvalue weighted by Crippen LogP contribution is 2.47. The molecule has 13 heteroatoms. The van der Waals surface area contributed by atoms with E-state index in [0.717, 1.165) is 27.5 Å². The Kier molecular flexibility index (Phi) is 8.10. The van der Waals surface area contributed by atoms with E-state index in [1.165, 1.54) is 30.6 Å². The second-order valence-corrected chi connectivity index (χ2v) is 12.4. The fourth-order valence-electron chi connectivity index (χ4n) is 6.48. The summed E-state index contributed by atoms with van der Waals surface area (Å²) in [6, 6.07) is 10.8. The van der Waals surface area contributed by atoms with Crippen molar-refractivity contribution in [1.82, 2.24) is 24.2 Å². The molecule has 242 valence electrons. The van der Waals surface area contributed by atoms with Crippen molar-refractivity contribution in [3.63, 3.8) is 0 Å². The SMILES string of the molecule is C=CC(=O)N1CCn2nc(-c3nc(N4CCn5c(cccc5=O)C4)c4ccsc4c3-c3c(F)cc(F)cc3OCCOC)cc2C1C. The lowest BCUT2D eigenvalue weighted by Crippen LogP contribution is -2.40. The van der Waals surface area contributed by atoms with Crippen molar-refractivity contribution in [2.75, 3.05) is 38.3 Å². The Balaban J connectivity index is 1.45. The molecule has 4 aromatic heterocycles. The van der Waals surface area contributed by atoms with Crippen LogP contribution in [0, 0.1) is 11.6 Å². The minimum atomic E-state index is -0.797. The number of ether oxygens (including phenoxy) is 2. The Bertz CT molecular complexity index is 2090. The zero-order valence-electron chi connectivity index (χ0n) is 25.9. The summed E-state index contributed by atoms with van der Waals surface area (Å²) < 4.78 is 46.1. The quantitative estimate of drug-likeness (QED) is 0.163. The molecule has 0 fully saturated rings. The third kappa shape index (κ3) is 5.38. The molecule has 0 spiro atoms. The maximum absolute atomic E-state index is 16.1. The minimum absolute atomic E-state index is 0.0245. The first kappa shape index (κ1) is 30.8. The Morgan fingerprint density at radius 1 is 1.11 bits per heavy atom. The predicted octanol–water partition coefficient (Wildman–Crippen LogP) is 5.40. The van der Waals surface area contributed by atoms with Crippen molar-refractivity contribution in [3.05, 3.63) is 93.9 Å². The van der Waals surface area contributed by atoms with Gasteiger partial charge in [0.05, 0.1) is 37.0 Å². The molecule has 5 aromatic rings. The Hall–Kier alpha value is -4.88. The highest BCUT2D eigenvalue weighted by molar-refractivity contribution is 7.18. The van der Waals surface area contributed by atoms with Crippen LogP contribution in [0.3, 0.4) is 0 Å². The highest BCUT2D eigenvalue weighted by Gasteiger charge is 2.32. The lowest BCUT2D eigenvalue weighted by Gasteiger charge is -2.33. The fraction of sp³-hybridized carbons (Fsp3) is 0.294. The molecule has 1 amide bonds. The summed E-state index contributed by atoms with van der Waals surface area (Å²) in [6.07, 6.45) is 1.30. The van der Waals surface area contributed by atoms with E-state index in [1.807, 2.05) is 35.2 Å².